The van der Waals surface area contributed by atoms with E-state index in [2.05, 4.69) is 11.8 Å². The molecule has 4 heteroatoms. The molecule has 4 nitrogen and oxygen atoms in total. The van der Waals surface area contributed by atoms with E-state index in [-0.39, 0.29) is 12.0 Å². The summed E-state index contributed by atoms with van der Waals surface area (Å²) in [5.74, 6) is 0.408. The lowest BCUT2D eigenvalue weighted by molar-refractivity contribution is -0.141. The topological polar surface area (TPSA) is 55.6 Å². The molecule has 0 spiro atoms. The first-order valence-corrected chi connectivity index (χ1v) is 7.40. The number of likely N-dealkylation sites (tertiary alicyclic amines) is 1. The number of nitrogens with two attached hydrogens (primary N) is 1. The Morgan fingerprint density at radius 2 is 2.22 bits per heavy atom. The molecular weight excluding hydrogens is 228 g/mol. The van der Waals surface area contributed by atoms with Crippen molar-refractivity contribution in [1.29, 1.82) is 0 Å². The van der Waals surface area contributed by atoms with Gasteiger partial charge in [-0.25, -0.2) is 0 Å². The average molecular weight is 254 g/mol. The van der Waals surface area contributed by atoms with Crippen LogP contribution in [0.5, 0.6) is 0 Å². The Bertz CT molecular complexity index is 281. The van der Waals surface area contributed by atoms with Gasteiger partial charge in [0.2, 0.25) is 5.91 Å². The second-order valence-electron chi connectivity index (χ2n) is 5.47. The van der Waals surface area contributed by atoms with Gasteiger partial charge >= 0.3 is 0 Å². The lowest BCUT2D eigenvalue weighted by Crippen LogP contribution is -2.48. The number of amides is 1. The summed E-state index contributed by atoms with van der Waals surface area (Å²) in [4.78, 5) is 14.8. The minimum atomic E-state index is 0.0911. The van der Waals surface area contributed by atoms with Crippen LogP contribution in [0.4, 0.5) is 0 Å². The molecular formula is C14H26N2O2. The second-order valence-corrected chi connectivity index (χ2v) is 5.47. The van der Waals surface area contributed by atoms with Gasteiger partial charge in [-0.05, 0) is 45.1 Å². The summed E-state index contributed by atoms with van der Waals surface area (Å²) in [5, 5.41) is 0. The molecule has 2 aliphatic heterocycles. The molecule has 2 heterocycles. The molecule has 2 rings (SSSR count). The fourth-order valence-corrected chi connectivity index (χ4v) is 3.33. The van der Waals surface area contributed by atoms with Crippen molar-refractivity contribution in [2.45, 2.75) is 57.6 Å². The maximum absolute atomic E-state index is 12.7. The van der Waals surface area contributed by atoms with E-state index in [1.54, 1.807) is 0 Å². The SMILES string of the molecule is CCC1OCCC1C(=O)N1CCCCC1CCN. The Morgan fingerprint density at radius 3 is 2.94 bits per heavy atom. The number of carbonyl (C=O) groups is 1. The molecule has 3 unspecified atom stereocenters. The van der Waals surface area contributed by atoms with Crippen LogP contribution in [-0.4, -0.2) is 42.6 Å². The summed E-state index contributed by atoms with van der Waals surface area (Å²) < 4.78 is 5.65. The molecule has 2 fully saturated rings. The third-order valence-electron chi connectivity index (χ3n) is 4.34. The van der Waals surface area contributed by atoms with Gasteiger partial charge in [0.05, 0.1) is 12.0 Å². The maximum atomic E-state index is 12.7. The molecule has 0 aromatic carbocycles. The molecule has 104 valence electrons. The van der Waals surface area contributed by atoms with Crippen molar-refractivity contribution in [2.24, 2.45) is 11.7 Å². The van der Waals surface area contributed by atoms with Gasteiger partial charge in [-0.2, -0.15) is 0 Å². The lowest BCUT2D eigenvalue weighted by atomic mass is 9.93. The van der Waals surface area contributed by atoms with Crippen molar-refractivity contribution in [3.63, 3.8) is 0 Å². The van der Waals surface area contributed by atoms with E-state index in [1.807, 2.05) is 0 Å². The van der Waals surface area contributed by atoms with Gasteiger partial charge in [0.25, 0.3) is 0 Å². The van der Waals surface area contributed by atoms with Crippen molar-refractivity contribution in [1.82, 2.24) is 4.90 Å². The smallest absolute Gasteiger partial charge is 0.228 e. The van der Waals surface area contributed by atoms with Crippen LogP contribution in [0.3, 0.4) is 0 Å². The summed E-state index contributed by atoms with van der Waals surface area (Å²) in [6.07, 6.45) is 6.39. The number of carbonyl (C=O) groups excluding carboxylic acids is 1. The number of hydrogen-bond acceptors (Lipinski definition) is 3. The van der Waals surface area contributed by atoms with E-state index in [4.69, 9.17) is 10.5 Å². The number of piperidine rings is 1. The highest BCUT2D eigenvalue weighted by atomic mass is 16.5. The van der Waals surface area contributed by atoms with Crippen molar-refractivity contribution in [2.75, 3.05) is 19.7 Å². The van der Waals surface area contributed by atoms with Gasteiger partial charge in [0.15, 0.2) is 0 Å². The molecule has 2 N–H and O–H groups in total. The van der Waals surface area contributed by atoms with E-state index in [0.29, 0.717) is 18.5 Å². The number of ether oxygens (including phenoxy) is 1. The molecule has 1 amide bonds. The molecule has 0 aliphatic carbocycles. The van der Waals surface area contributed by atoms with Crippen molar-refractivity contribution in [3.05, 3.63) is 0 Å². The highest BCUT2D eigenvalue weighted by Crippen LogP contribution is 2.29. The van der Waals surface area contributed by atoms with E-state index in [9.17, 15) is 4.79 Å². The standard InChI is InChI=1S/C14H26N2O2/c1-2-13-12(7-10-18-13)14(17)16-9-4-3-5-11(16)6-8-15/h11-13H,2-10,15H2,1H3. The van der Waals surface area contributed by atoms with Gasteiger partial charge in [-0.1, -0.05) is 6.92 Å². The maximum Gasteiger partial charge on any atom is 0.228 e. The molecule has 0 aromatic heterocycles. The van der Waals surface area contributed by atoms with Crippen molar-refractivity contribution in [3.8, 4) is 0 Å². The van der Waals surface area contributed by atoms with Gasteiger partial charge in [0, 0.05) is 19.2 Å². The molecule has 0 radical (unpaired) electrons. The van der Waals surface area contributed by atoms with Crippen LogP contribution in [0.25, 0.3) is 0 Å². The van der Waals surface area contributed by atoms with Gasteiger partial charge in [-0.3, -0.25) is 4.79 Å². The van der Waals surface area contributed by atoms with Crippen LogP contribution in [0, 0.1) is 5.92 Å². The van der Waals surface area contributed by atoms with E-state index >= 15 is 0 Å². The van der Waals surface area contributed by atoms with Crippen LogP contribution < -0.4 is 5.73 Å². The van der Waals surface area contributed by atoms with E-state index < -0.39 is 0 Å². The normalized spacial score (nSPS) is 32.8. The molecule has 18 heavy (non-hydrogen) atoms. The van der Waals surface area contributed by atoms with E-state index in [1.165, 1.54) is 6.42 Å². The summed E-state index contributed by atoms with van der Waals surface area (Å²) in [6.45, 7) is 4.43. The Balaban J connectivity index is 2.01. The predicted molar refractivity (Wildman–Crippen MR) is 71.2 cm³/mol. The molecule has 0 bridgehead atoms. The van der Waals surface area contributed by atoms with Crippen LogP contribution in [0.2, 0.25) is 0 Å². The van der Waals surface area contributed by atoms with Crippen LogP contribution in [0.1, 0.15) is 45.4 Å². The lowest BCUT2D eigenvalue weighted by Gasteiger charge is -2.38. The van der Waals surface area contributed by atoms with E-state index in [0.717, 1.165) is 45.3 Å². The summed E-state index contributed by atoms with van der Waals surface area (Å²) in [6, 6.07) is 0.370. The summed E-state index contributed by atoms with van der Waals surface area (Å²) >= 11 is 0. The molecule has 3 atom stereocenters. The third-order valence-corrected chi connectivity index (χ3v) is 4.34. The highest BCUT2D eigenvalue weighted by Gasteiger charge is 2.38. The quantitative estimate of drug-likeness (QED) is 0.828. The fraction of sp³-hybridized carbons (Fsp3) is 0.929. The Labute approximate surface area is 110 Å². The van der Waals surface area contributed by atoms with Crippen LogP contribution >= 0.6 is 0 Å². The Kier molecular flexibility index (Phi) is 5.01. The van der Waals surface area contributed by atoms with Crippen molar-refractivity contribution < 1.29 is 9.53 Å². The largest absolute Gasteiger partial charge is 0.377 e. The Hall–Kier alpha value is -0.610. The third kappa shape index (κ3) is 2.86. The zero-order chi connectivity index (χ0) is 13.0. The summed E-state index contributed by atoms with van der Waals surface area (Å²) in [7, 11) is 0. The van der Waals surface area contributed by atoms with Crippen LogP contribution in [0.15, 0.2) is 0 Å². The highest BCUT2D eigenvalue weighted by molar-refractivity contribution is 5.80. The predicted octanol–water partition coefficient (Wildman–Crippen LogP) is 1.53. The van der Waals surface area contributed by atoms with Gasteiger partial charge in [0.1, 0.15) is 0 Å². The number of hydrogen-bond donors (Lipinski definition) is 1. The molecule has 0 aromatic rings. The first-order chi connectivity index (χ1) is 8.77. The summed E-state index contributed by atoms with van der Waals surface area (Å²) in [5.41, 5.74) is 5.67. The molecule has 2 saturated heterocycles. The first kappa shape index (κ1) is 13.8. The van der Waals surface area contributed by atoms with Gasteiger partial charge in [-0.15, -0.1) is 0 Å². The minimum Gasteiger partial charge on any atom is -0.377 e. The zero-order valence-corrected chi connectivity index (χ0v) is 11.4. The van der Waals surface area contributed by atoms with Gasteiger partial charge < -0.3 is 15.4 Å². The molecule has 0 saturated carbocycles. The van der Waals surface area contributed by atoms with Crippen LogP contribution in [-0.2, 0) is 9.53 Å². The molecule has 2 aliphatic rings. The Morgan fingerprint density at radius 1 is 1.39 bits per heavy atom. The second kappa shape index (κ2) is 6.53. The first-order valence-electron chi connectivity index (χ1n) is 7.40. The number of rotatable bonds is 4. The monoisotopic (exact) mass is 254 g/mol. The van der Waals surface area contributed by atoms with Crippen molar-refractivity contribution >= 4 is 5.91 Å². The zero-order valence-electron chi connectivity index (χ0n) is 11.4. The minimum absolute atomic E-state index is 0.0911. The average Bonchev–Trinajstić information content (AvgIpc) is 2.87. The fourth-order valence-electron chi connectivity index (χ4n) is 3.33. The number of nitrogens with zero attached hydrogens (tertiary/aromatic N) is 1.